The summed E-state index contributed by atoms with van der Waals surface area (Å²) < 4.78 is 0. The van der Waals surface area contributed by atoms with Crippen molar-refractivity contribution in [3.05, 3.63) is 24.0 Å². The summed E-state index contributed by atoms with van der Waals surface area (Å²) in [5.41, 5.74) is 1.10. The van der Waals surface area contributed by atoms with Gasteiger partial charge in [-0.15, -0.1) is 0 Å². The molecule has 0 amide bonds. The molecule has 98 valence electrons. The van der Waals surface area contributed by atoms with E-state index in [4.69, 9.17) is 5.11 Å². The summed E-state index contributed by atoms with van der Waals surface area (Å²) in [5, 5.41) is 8.83. The Hall–Kier alpha value is -1.58. The minimum Gasteiger partial charge on any atom is -0.477 e. The number of carboxylic acids is 1. The van der Waals surface area contributed by atoms with Crippen LogP contribution in [0.2, 0.25) is 0 Å². The third-order valence-corrected chi connectivity index (χ3v) is 3.94. The van der Waals surface area contributed by atoms with Crippen LogP contribution in [-0.4, -0.2) is 29.1 Å². The van der Waals surface area contributed by atoms with Gasteiger partial charge in [-0.3, -0.25) is 0 Å². The number of carboxylic acid groups (broad SMARTS) is 1. The van der Waals surface area contributed by atoms with Gasteiger partial charge in [0, 0.05) is 13.1 Å². The summed E-state index contributed by atoms with van der Waals surface area (Å²) in [6, 6.07) is 3.95. The molecule has 1 aromatic rings. The van der Waals surface area contributed by atoms with Gasteiger partial charge in [0.25, 0.3) is 0 Å². The van der Waals surface area contributed by atoms with Gasteiger partial charge in [-0.25, -0.2) is 9.78 Å². The van der Waals surface area contributed by atoms with Crippen molar-refractivity contribution in [2.75, 3.05) is 11.9 Å². The van der Waals surface area contributed by atoms with Gasteiger partial charge in [-0.2, -0.15) is 0 Å². The molecule has 1 aromatic heterocycles. The number of pyridine rings is 1. The second kappa shape index (κ2) is 5.38. The molecule has 1 aliphatic rings. The molecule has 2 atom stereocenters. The van der Waals surface area contributed by atoms with Crippen LogP contribution in [0.3, 0.4) is 0 Å². The molecule has 4 heteroatoms. The molecule has 1 saturated carbocycles. The topological polar surface area (TPSA) is 53.4 Å². The van der Waals surface area contributed by atoms with Crippen molar-refractivity contribution in [2.24, 2.45) is 5.92 Å². The number of aromatic nitrogens is 1. The second-order valence-corrected chi connectivity index (χ2v) is 5.15. The van der Waals surface area contributed by atoms with Crippen molar-refractivity contribution in [1.29, 1.82) is 0 Å². The second-order valence-electron chi connectivity index (χ2n) is 5.15. The van der Waals surface area contributed by atoms with Gasteiger partial charge in [-0.1, -0.05) is 19.8 Å². The Morgan fingerprint density at radius 1 is 1.39 bits per heavy atom. The fourth-order valence-electron chi connectivity index (χ4n) is 2.78. The predicted octanol–water partition coefficient (Wildman–Crippen LogP) is 2.79. The van der Waals surface area contributed by atoms with Crippen molar-refractivity contribution < 1.29 is 9.90 Å². The van der Waals surface area contributed by atoms with Crippen LogP contribution in [-0.2, 0) is 0 Å². The molecule has 2 unspecified atom stereocenters. The van der Waals surface area contributed by atoms with E-state index < -0.39 is 5.97 Å². The van der Waals surface area contributed by atoms with Crippen LogP contribution in [0.4, 0.5) is 5.69 Å². The van der Waals surface area contributed by atoms with Crippen molar-refractivity contribution in [3.63, 3.8) is 0 Å². The summed E-state index contributed by atoms with van der Waals surface area (Å²) in [6.45, 7) is 2.29. The number of anilines is 1. The molecule has 18 heavy (non-hydrogen) atoms. The average molecular weight is 248 g/mol. The lowest BCUT2D eigenvalue weighted by Gasteiger charge is -2.37. The number of hydrogen-bond donors (Lipinski definition) is 1. The van der Waals surface area contributed by atoms with E-state index in [1.54, 1.807) is 12.3 Å². The molecule has 4 nitrogen and oxygen atoms in total. The monoisotopic (exact) mass is 248 g/mol. The van der Waals surface area contributed by atoms with Gasteiger partial charge in [-0.05, 0) is 30.9 Å². The molecule has 0 saturated heterocycles. The molecule has 0 aromatic carbocycles. The van der Waals surface area contributed by atoms with Crippen molar-refractivity contribution in [1.82, 2.24) is 4.98 Å². The van der Waals surface area contributed by atoms with E-state index >= 15 is 0 Å². The zero-order chi connectivity index (χ0) is 13.1. The maximum atomic E-state index is 10.8. The Morgan fingerprint density at radius 2 is 2.11 bits per heavy atom. The van der Waals surface area contributed by atoms with E-state index in [0.717, 1.165) is 5.69 Å². The molecule has 1 fully saturated rings. The first-order valence-electron chi connectivity index (χ1n) is 6.52. The van der Waals surface area contributed by atoms with Crippen LogP contribution in [0.25, 0.3) is 0 Å². The molecule has 0 aliphatic heterocycles. The van der Waals surface area contributed by atoms with Crippen LogP contribution < -0.4 is 4.90 Å². The first-order chi connectivity index (χ1) is 8.59. The van der Waals surface area contributed by atoms with Gasteiger partial charge >= 0.3 is 5.97 Å². The van der Waals surface area contributed by atoms with Gasteiger partial charge < -0.3 is 10.0 Å². The van der Waals surface area contributed by atoms with Crippen LogP contribution in [0.1, 0.15) is 43.1 Å². The molecule has 1 aliphatic carbocycles. The molecule has 0 radical (unpaired) electrons. The van der Waals surface area contributed by atoms with Crippen LogP contribution in [0.15, 0.2) is 18.3 Å². The maximum Gasteiger partial charge on any atom is 0.354 e. The Kier molecular flexibility index (Phi) is 3.84. The van der Waals surface area contributed by atoms with Crippen molar-refractivity contribution in [2.45, 2.75) is 38.6 Å². The Balaban J connectivity index is 2.12. The molecule has 1 heterocycles. The number of aromatic carboxylic acids is 1. The lowest BCUT2D eigenvalue weighted by Crippen LogP contribution is -2.39. The molecule has 1 N–H and O–H groups in total. The van der Waals surface area contributed by atoms with E-state index in [2.05, 4.69) is 23.9 Å². The van der Waals surface area contributed by atoms with E-state index in [1.165, 1.54) is 25.7 Å². The van der Waals surface area contributed by atoms with E-state index in [1.807, 2.05) is 6.07 Å². The number of nitrogens with zero attached hydrogens (tertiary/aromatic N) is 2. The lowest BCUT2D eigenvalue weighted by atomic mass is 9.85. The maximum absolute atomic E-state index is 10.8. The standard InChI is InChI=1S/C14H20N2O2/c1-10-5-3-4-6-13(10)16(2)11-7-8-12(14(17)18)15-9-11/h7-10,13H,3-6H2,1-2H3,(H,17,18). The van der Waals surface area contributed by atoms with Gasteiger partial charge in [0.1, 0.15) is 5.69 Å². The summed E-state index contributed by atoms with van der Waals surface area (Å²) in [7, 11) is 2.07. The molecule has 0 spiro atoms. The van der Waals surface area contributed by atoms with Crippen LogP contribution in [0, 0.1) is 5.92 Å². The lowest BCUT2D eigenvalue weighted by molar-refractivity contribution is 0.0690. The van der Waals surface area contributed by atoms with Crippen molar-refractivity contribution in [3.8, 4) is 0 Å². The predicted molar refractivity (Wildman–Crippen MR) is 71.0 cm³/mol. The number of rotatable bonds is 3. The highest BCUT2D eigenvalue weighted by Gasteiger charge is 2.25. The Labute approximate surface area is 108 Å². The van der Waals surface area contributed by atoms with Gasteiger partial charge in [0.05, 0.1) is 11.9 Å². The zero-order valence-corrected chi connectivity index (χ0v) is 11.0. The third kappa shape index (κ3) is 2.63. The highest BCUT2D eigenvalue weighted by atomic mass is 16.4. The van der Waals surface area contributed by atoms with E-state index in [9.17, 15) is 4.79 Å². The van der Waals surface area contributed by atoms with Crippen LogP contribution >= 0.6 is 0 Å². The molecule has 2 rings (SSSR count). The highest BCUT2D eigenvalue weighted by molar-refractivity contribution is 5.85. The summed E-state index contributed by atoms with van der Waals surface area (Å²) in [4.78, 5) is 17.0. The van der Waals surface area contributed by atoms with Crippen LogP contribution in [0.5, 0.6) is 0 Å². The first-order valence-corrected chi connectivity index (χ1v) is 6.52. The van der Waals surface area contributed by atoms with Gasteiger partial charge in [0.15, 0.2) is 0 Å². The quantitative estimate of drug-likeness (QED) is 0.893. The SMILES string of the molecule is CC1CCCCC1N(C)c1ccc(C(=O)O)nc1. The van der Waals surface area contributed by atoms with Gasteiger partial charge in [0.2, 0.25) is 0 Å². The number of hydrogen-bond acceptors (Lipinski definition) is 3. The average Bonchev–Trinajstić information content (AvgIpc) is 2.38. The van der Waals surface area contributed by atoms with E-state index in [0.29, 0.717) is 12.0 Å². The molecular weight excluding hydrogens is 228 g/mol. The fraction of sp³-hybridized carbons (Fsp3) is 0.571. The zero-order valence-electron chi connectivity index (χ0n) is 11.0. The Bertz CT molecular complexity index is 416. The summed E-state index contributed by atoms with van der Waals surface area (Å²) >= 11 is 0. The summed E-state index contributed by atoms with van der Waals surface area (Å²) in [6.07, 6.45) is 6.74. The fourth-order valence-corrected chi connectivity index (χ4v) is 2.78. The van der Waals surface area contributed by atoms with Crippen molar-refractivity contribution >= 4 is 11.7 Å². The largest absolute Gasteiger partial charge is 0.477 e. The normalized spacial score (nSPS) is 23.7. The Morgan fingerprint density at radius 3 is 2.67 bits per heavy atom. The van der Waals surface area contributed by atoms with E-state index in [-0.39, 0.29) is 5.69 Å². The first kappa shape index (κ1) is 12.9. The summed E-state index contributed by atoms with van der Waals surface area (Å²) in [5.74, 6) is -0.293. The minimum atomic E-state index is -0.977. The third-order valence-electron chi connectivity index (χ3n) is 3.94. The molecule has 0 bridgehead atoms. The smallest absolute Gasteiger partial charge is 0.354 e. The minimum absolute atomic E-state index is 0.101. The number of carbonyl (C=O) groups is 1. The highest BCUT2D eigenvalue weighted by Crippen LogP contribution is 2.30. The molecular formula is C14H20N2O2.